The number of aliphatic hydroxyl groups is 1. The summed E-state index contributed by atoms with van der Waals surface area (Å²) in [7, 11) is 0. The maximum atomic E-state index is 13.8. The van der Waals surface area contributed by atoms with Crippen LogP contribution in [0.25, 0.3) is 0 Å². The molecule has 2 aromatic rings. The first-order valence-corrected chi connectivity index (χ1v) is 6.69. The van der Waals surface area contributed by atoms with Crippen LogP contribution in [0.5, 0.6) is 5.75 Å². The van der Waals surface area contributed by atoms with Crippen LogP contribution in [0, 0.1) is 11.6 Å². The molecule has 9 heteroatoms. The number of nitrogens with one attached hydrogen (secondary N) is 1. The first kappa shape index (κ1) is 17.8. The van der Waals surface area contributed by atoms with Gasteiger partial charge in [-0.05, 0) is 19.1 Å². The Morgan fingerprint density at radius 1 is 1.38 bits per heavy atom. The van der Waals surface area contributed by atoms with Crippen LogP contribution in [-0.2, 0) is 5.60 Å². The predicted octanol–water partition coefficient (Wildman–Crippen LogP) is 2.80. The van der Waals surface area contributed by atoms with Crippen molar-refractivity contribution >= 4 is 5.91 Å². The molecule has 0 bridgehead atoms. The minimum atomic E-state index is -3.26. The SMILES string of the molecule is CC(O)(CNC(=O)c1c(F)cc(OC(F)F)cc1F)c1ccco1. The smallest absolute Gasteiger partial charge is 0.387 e. The lowest BCUT2D eigenvalue weighted by atomic mass is 10.0. The average molecular weight is 347 g/mol. The number of rotatable bonds is 6. The molecule has 0 aliphatic rings. The maximum Gasteiger partial charge on any atom is 0.387 e. The third-order valence-corrected chi connectivity index (χ3v) is 3.11. The second-order valence-electron chi connectivity index (χ2n) is 5.07. The van der Waals surface area contributed by atoms with Crippen LogP contribution in [0.4, 0.5) is 17.6 Å². The zero-order chi connectivity index (χ0) is 17.9. The normalized spacial score (nSPS) is 13.6. The van der Waals surface area contributed by atoms with Gasteiger partial charge >= 0.3 is 6.61 Å². The lowest BCUT2D eigenvalue weighted by molar-refractivity contribution is -0.0501. The van der Waals surface area contributed by atoms with Crippen molar-refractivity contribution in [2.24, 2.45) is 0 Å². The second-order valence-corrected chi connectivity index (χ2v) is 5.07. The number of furan rings is 1. The summed E-state index contributed by atoms with van der Waals surface area (Å²) < 4.78 is 60.6. The summed E-state index contributed by atoms with van der Waals surface area (Å²) in [5.41, 5.74) is -2.59. The summed E-state index contributed by atoms with van der Waals surface area (Å²) in [4.78, 5) is 11.9. The molecule has 1 amide bonds. The fourth-order valence-electron chi connectivity index (χ4n) is 1.95. The minimum Gasteiger partial charge on any atom is -0.466 e. The zero-order valence-electron chi connectivity index (χ0n) is 12.4. The van der Waals surface area contributed by atoms with Crippen molar-refractivity contribution in [2.45, 2.75) is 19.1 Å². The van der Waals surface area contributed by atoms with Gasteiger partial charge in [0.1, 0.15) is 34.3 Å². The Morgan fingerprint density at radius 2 is 2.00 bits per heavy atom. The van der Waals surface area contributed by atoms with Crippen LogP contribution in [0.1, 0.15) is 23.0 Å². The largest absolute Gasteiger partial charge is 0.466 e. The third kappa shape index (κ3) is 4.05. The number of ether oxygens (including phenoxy) is 1. The number of carbonyl (C=O) groups is 1. The van der Waals surface area contributed by atoms with Crippen molar-refractivity contribution in [3.05, 3.63) is 53.5 Å². The van der Waals surface area contributed by atoms with Gasteiger partial charge in [0.2, 0.25) is 0 Å². The monoisotopic (exact) mass is 347 g/mol. The summed E-state index contributed by atoms with van der Waals surface area (Å²) in [5, 5.41) is 12.3. The fraction of sp³-hybridized carbons (Fsp3) is 0.267. The maximum absolute atomic E-state index is 13.8. The summed E-state index contributed by atoms with van der Waals surface area (Å²) >= 11 is 0. The highest BCUT2D eigenvalue weighted by atomic mass is 19.3. The van der Waals surface area contributed by atoms with Crippen LogP contribution in [-0.4, -0.2) is 24.2 Å². The quantitative estimate of drug-likeness (QED) is 0.789. The Balaban J connectivity index is 2.12. The molecule has 0 saturated heterocycles. The molecule has 1 heterocycles. The molecule has 0 aliphatic carbocycles. The van der Waals surface area contributed by atoms with Crippen molar-refractivity contribution in [1.29, 1.82) is 0 Å². The van der Waals surface area contributed by atoms with E-state index in [0.717, 1.165) is 0 Å². The van der Waals surface area contributed by atoms with Crippen molar-refractivity contribution in [1.82, 2.24) is 5.32 Å². The molecule has 1 aromatic carbocycles. The van der Waals surface area contributed by atoms with E-state index in [2.05, 4.69) is 10.1 Å². The van der Waals surface area contributed by atoms with Crippen LogP contribution >= 0.6 is 0 Å². The van der Waals surface area contributed by atoms with Crippen molar-refractivity contribution in [3.63, 3.8) is 0 Å². The Kier molecular flexibility index (Phi) is 5.13. The van der Waals surface area contributed by atoms with Crippen LogP contribution in [0.3, 0.4) is 0 Å². The number of amides is 1. The van der Waals surface area contributed by atoms with Gasteiger partial charge in [-0.1, -0.05) is 0 Å². The average Bonchev–Trinajstić information content (AvgIpc) is 2.98. The Bertz CT molecular complexity index is 693. The van der Waals surface area contributed by atoms with Gasteiger partial charge in [-0.15, -0.1) is 0 Å². The van der Waals surface area contributed by atoms with Gasteiger partial charge in [-0.2, -0.15) is 8.78 Å². The fourth-order valence-corrected chi connectivity index (χ4v) is 1.95. The highest BCUT2D eigenvalue weighted by Gasteiger charge is 2.28. The van der Waals surface area contributed by atoms with E-state index in [9.17, 15) is 27.5 Å². The van der Waals surface area contributed by atoms with E-state index in [1.165, 1.54) is 25.3 Å². The molecule has 0 fully saturated rings. The van der Waals surface area contributed by atoms with Gasteiger partial charge in [0.15, 0.2) is 0 Å². The van der Waals surface area contributed by atoms with Gasteiger partial charge in [0.05, 0.1) is 12.8 Å². The van der Waals surface area contributed by atoms with E-state index < -0.39 is 47.6 Å². The highest BCUT2D eigenvalue weighted by molar-refractivity contribution is 5.95. The summed E-state index contributed by atoms with van der Waals surface area (Å²) in [6.45, 7) is -2.32. The summed E-state index contributed by atoms with van der Waals surface area (Å²) in [5.74, 6) is -4.52. The van der Waals surface area contributed by atoms with Crippen LogP contribution in [0.15, 0.2) is 34.9 Å². The van der Waals surface area contributed by atoms with Gasteiger partial charge in [0.25, 0.3) is 5.91 Å². The molecule has 1 aromatic heterocycles. The molecule has 2 rings (SSSR count). The van der Waals surface area contributed by atoms with Gasteiger partial charge in [0, 0.05) is 12.1 Å². The molecule has 0 spiro atoms. The molecular formula is C15H13F4NO4. The van der Waals surface area contributed by atoms with E-state index >= 15 is 0 Å². The zero-order valence-corrected chi connectivity index (χ0v) is 12.4. The van der Waals surface area contributed by atoms with Crippen molar-refractivity contribution in [3.8, 4) is 5.75 Å². The molecule has 1 atom stereocenters. The van der Waals surface area contributed by atoms with Crippen molar-refractivity contribution in [2.75, 3.05) is 6.54 Å². The number of halogens is 4. The molecule has 24 heavy (non-hydrogen) atoms. The number of hydrogen-bond donors (Lipinski definition) is 2. The van der Waals surface area contributed by atoms with Gasteiger partial charge in [-0.25, -0.2) is 8.78 Å². The molecule has 5 nitrogen and oxygen atoms in total. The van der Waals surface area contributed by atoms with E-state index in [-0.39, 0.29) is 5.76 Å². The number of benzene rings is 1. The number of carbonyl (C=O) groups excluding carboxylic acids is 1. The first-order chi connectivity index (χ1) is 11.2. The standard InChI is InChI=1S/C15H13F4NO4/c1-15(22,11-3-2-4-23-11)7-20-13(21)12-9(16)5-8(6-10(12)17)24-14(18)19/h2-6,14,22H,7H2,1H3,(H,20,21). The first-order valence-electron chi connectivity index (χ1n) is 6.69. The Hall–Kier alpha value is -2.55. The predicted molar refractivity (Wildman–Crippen MR) is 73.6 cm³/mol. The summed E-state index contributed by atoms with van der Waals surface area (Å²) in [6, 6.07) is 3.92. The van der Waals surface area contributed by atoms with E-state index in [4.69, 9.17) is 4.42 Å². The van der Waals surface area contributed by atoms with E-state index in [1.807, 2.05) is 0 Å². The molecule has 0 saturated carbocycles. The van der Waals surface area contributed by atoms with Crippen LogP contribution < -0.4 is 10.1 Å². The lowest BCUT2D eigenvalue weighted by Gasteiger charge is -2.21. The molecular weight excluding hydrogens is 334 g/mol. The number of alkyl halides is 2. The topological polar surface area (TPSA) is 71.7 Å². The third-order valence-electron chi connectivity index (χ3n) is 3.11. The molecule has 2 N–H and O–H groups in total. The van der Waals surface area contributed by atoms with Gasteiger partial charge in [-0.3, -0.25) is 4.79 Å². The van der Waals surface area contributed by atoms with Crippen molar-refractivity contribution < 1.29 is 36.6 Å². The number of hydrogen-bond acceptors (Lipinski definition) is 4. The van der Waals surface area contributed by atoms with Gasteiger partial charge < -0.3 is 19.6 Å². The molecule has 0 aliphatic heterocycles. The molecule has 0 radical (unpaired) electrons. The lowest BCUT2D eigenvalue weighted by Crippen LogP contribution is -2.39. The highest BCUT2D eigenvalue weighted by Crippen LogP contribution is 2.23. The van der Waals surface area contributed by atoms with E-state index in [1.54, 1.807) is 0 Å². The Morgan fingerprint density at radius 3 is 2.50 bits per heavy atom. The molecule has 1 unspecified atom stereocenters. The van der Waals surface area contributed by atoms with Crippen LogP contribution in [0.2, 0.25) is 0 Å². The summed E-state index contributed by atoms with van der Waals surface area (Å²) in [6.07, 6.45) is 1.31. The minimum absolute atomic E-state index is 0.143. The molecule has 130 valence electrons. The second kappa shape index (κ2) is 6.91. The van der Waals surface area contributed by atoms with E-state index in [0.29, 0.717) is 12.1 Å². The Labute approximate surface area is 133 Å².